The minimum Gasteiger partial charge on any atom is -0.343 e. The molecule has 5 nitrogen and oxygen atoms in total. The number of nitrogens with one attached hydrogen (secondary N) is 1. The molecule has 0 saturated carbocycles. The van der Waals surface area contributed by atoms with Crippen LogP contribution in [0, 0.1) is 6.92 Å². The first-order valence-corrected chi connectivity index (χ1v) is 6.45. The van der Waals surface area contributed by atoms with Crippen LogP contribution in [0.15, 0.2) is 18.2 Å². The summed E-state index contributed by atoms with van der Waals surface area (Å²) in [5.74, 6) is -0.809. The van der Waals surface area contributed by atoms with Crippen LogP contribution in [0.2, 0.25) is 0 Å². The lowest BCUT2D eigenvalue weighted by Gasteiger charge is -2.10. The summed E-state index contributed by atoms with van der Waals surface area (Å²) in [6.07, 6.45) is 0.995. The molecule has 0 unspecified atom stereocenters. The molecule has 0 aliphatic heterocycles. The highest BCUT2D eigenvalue weighted by molar-refractivity contribution is 7.92. The lowest BCUT2D eigenvalue weighted by atomic mass is 10.1. The molecule has 1 rings (SSSR count). The number of para-hydroxylation sites is 1. The molecule has 0 spiro atoms. The number of sulfonamides is 1. The predicted octanol–water partition coefficient (Wildman–Crippen LogP) is 1.68. The number of hydrogen-bond acceptors (Lipinski definition) is 4. The number of benzene rings is 1. The second kappa shape index (κ2) is 4.71. The number of carbonyl (C=O) groups excluding carboxylic acids is 1. The standard InChI is InChI=1S/C9H10ClNO4S/c1-6-4-3-5-7(9(12)15-10)8(6)11-16(2,13)14/h3-5,11H,1-2H3. The highest BCUT2D eigenvalue weighted by Gasteiger charge is 2.16. The van der Waals surface area contributed by atoms with Crippen molar-refractivity contribution in [3.8, 4) is 0 Å². The lowest BCUT2D eigenvalue weighted by Crippen LogP contribution is -2.14. The van der Waals surface area contributed by atoms with Crippen LogP contribution in [0.1, 0.15) is 15.9 Å². The van der Waals surface area contributed by atoms with Crippen molar-refractivity contribution in [2.75, 3.05) is 11.0 Å². The summed E-state index contributed by atoms with van der Waals surface area (Å²) in [7, 11) is -3.46. The number of rotatable bonds is 3. The molecule has 88 valence electrons. The first-order chi connectivity index (χ1) is 7.35. The molecule has 0 aliphatic carbocycles. The molecule has 0 bridgehead atoms. The highest BCUT2D eigenvalue weighted by Crippen LogP contribution is 2.22. The molecule has 0 fully saturated rings. The molecule has 0 amide bonds. The molecule has 1 N–H and O–H groups in total. The lowest BCUT2D eigenvalue weighted by molar-refractivity contribution is 0.0752. The number of aryl methyl sites for hydroxylation is 1. The fourth-order valence-corrected chi connectivity index (χ4v) is 1.93. The Morgan fingerprint density at radius 3 is 2.56 bits per heavy atom. The van der Waals surface area contributed by atoms with Crippen molar-refractivity contribution in [1.29, 1.82) is 0 Å². The van der Waals surface area contributed by atoms with E-state index in [1.165, 1.54) is 6.07 Å². The van der Waals surface area contributed by atoms with Gasteiger partial charge in [-0.05, 0) is 18.6 Å². The van der Waals surface area contributed by atoms with Crippen LogP contribution in [0.5, 0.6) is 0 Å². The Kier molecular flexibility index (Phi) is 3.77. The molecule has 1 aromatic rings. The van der Waals surface area contributed by atoms with Crippen LogP contribution in [-0.4, -0.2) is 20.6 Å². The van der Waals surface area contributed by atoms with Gasteiger partial charge >= 0.3 is 5.97 Å². The van der Waals surface area contributed by atoms with Crippen molar-refractivity contribution >= 4 is 33.5 Å². The molecule has 0 saturated heterocycles. The van der Waals surface area contributed by atoms with E-state index in [9.17, 15) is 13.2 Å². The maximum absolute atomic E-state index is 11.3. The van der Waals surface area contributed by atoms with Gasteiger partial charge < -0.3 is 4.29 Å². The summed E-state index contributed by atoms with van der Waals surface area (Å²) in [4.78, 5) is 11.3. The average Bonchev–Trinajstić information content (AvgIpc) is 2.18. The van der Waals surface area contributed by atoms with Gasteiger partial charge in [0.1, 0.15) is 11.9 Å². The van der Waals surface area contributed by atoms with Gasteiger partial charge in [0.25, 0.3) is 0 Å². The summed E-state index contributed by atoms with van der Waals surface area (Å²) in [6.45, 7) is 1.67. The Bertz CT molecular complexity index is 512. The van der Waals surface area contributed by atoms with E-state index in [0.29, 0.717) is 5.56 Å². The van der Waals surface area contributed by atoms with Crippen molar-refractivity contribution in [2.24, 2.45) is 0 Å². The quantitative estimate of drug-likeness (QED) is 0.900. The largest absolute Gasteiger partial charge is 0.358 e. The number of hydrogen-bond donors (Lipinski definition) is 1. The fraction of sp³-hybridized carbons (Fsp3) is 0.222. The summed E-state index contributed by atoms with van der Waals surface area (Å²) < 4.78 is 28.5. The molecule has 1 aromatic carbocycles. The maximum Gasteiger partial charge on any atom is 0.358 e. The summed E-state index contributed by atoms with van der Waals surface area (Å²) in [5, 5.41) is 0. The number of anilines is 1. The average molecular weight is 264 g/mol. The van der Waals surface area contributed by atoms with Crippen LogP contribution < -0.4 is 4.72 Å². The molecule has 0 aliphatic rings. The molecule has 16 heavy (non-hydrogen) atoms. The van der Waals surface area contributed by atoms with Gasteiger partial charge in [0.05, 0.1) is 17.5 Å². The summed E-state index contributed by atoms with van der Waals surface area (Å²) in [6, 6.07) is 4.69. The van der Waals surface area contributed by atoms with Crippen molar-refractivity contribution in [3.05, 3.63) is 29.3 Å². The minimum atomic E-state index is -3.46. The van der Waals surface area contributed by atoms with Gasteiger partial charge in [-0.25, -0.2) is 13.2 Å². The maximum atomic E-state index is 11.3. The van der Waals surface area contributed by atoms with E-state index >= 15 is 0 Å². The first kappa shape index (κ1) is 12.8. The fourth-order valence-electron chi connectivity index (χ4n) is 1.20. The predicted molar refractivity (Wildman–Crippen MR) is 60.9 cm³/mol. The third-order valence-corrected chi connectivity index (χ3v) is 2.57. The molecular formula is C9H10ClNO4S. The van der Waals surface area contributed by atoms with E-state index in [0.717, 1.165) is 6.26 Å². The number of carbonyl (C=O) groups is 1. The van der Waals surface area contributed by atoms with E-state index in [1.807, 2.05) is 0 Å². The third kappa shape index (κ3) is 3.11. The third-order valence-electron chi connectivity index (χ3n) is 1.85. The van der Waals surface area contributed by atoms with Crippen molar-refractivity contribution in [2.45, 2.75) is 6.92 Å². The van der Waals surface area contributed by atoms with E-state index < -0.39 is 16.0 Å². The molecule has 0 aromatic heterocycles. The monoisotopic (exact) mass is 263 g/mol. The summed E-state index contributed by atoms with van der Waals surface area (Å²) in [5.41, 5.74) is 0.848. The zero-order chi connectivity index (χ0) is 12.3. The zero-order valence-electron chi connectivity index (χ0n) is 8.65. The van der Waals surface area contributed by atoms with Gasteiger partial charge in [0.2, 0.25) is 10.0 Å². The Morgan fingerprint density at radius 2 is 2.06 bits per heavy atom. The normalized spacial score (nSPS) is 10.9. The Hall–Kier alpha value is -1.27. The van der Waals surface area contributed by atoms with Crippen LogP contribution in [0.25, 0.3) is 0 Å². The van der Waals surface area contributed by atoms with Crippen molar-refractivity contribution < 1.29 is 17.5 Å². The zero-order valence-corrected chi connectivity index (χ0v) is 10.2. The molecular weight excluding hydrogens is 254 g/mol. The second-order valence-electron chi connectivity index (χ2n) is 3.24. The molecule has 0 atom stereocenters. The Labute approximate surface area is 98.6 Å². The minimum absolute atomic E-state index is 0.0698. The Balaban J connectivity index is 3.29. The van der Waals surface area contributed by atoms with E-state index in [4.69, 9.17) is 11.9 Å². The number of halogens is 1. The summed E-state index contributed by atoms with van der Waals surface area (Å²) >= 11 is 4.96. The van der Waals surface area contributed by atoms with Crippen molar-refractivity contribution in [1.82, 2.24) is 0 Å². The van der Waals surface area contributed by atoms with Crippen LogP contribution in [-0.2, 0) is 14.3 Å². The van der Waals surface area contributed by atoms with Gasteiger partial charge in [-0.3, -0.25) is 4.72 Å². The topological polar surface area (TPSA) is 72.5 Å². The van der Waals surface area contributed by atoms with Gasteiger partial charge in [0.15, 0.2) is 0 Å². The molecule has 7 heteroatoms. The van der Waals surface area contributed by atoms with Gasteiger partial charge in [-0.1, -0.05) is 12.1 Å². The van der Waals surface area contributed by atoms with E-state index in [-0.39, 0.29) is 11.3 Å². The first-order valence-electron chi connectivity index (χ1n) is 4.25. The highest BCUT2D eigenvalue weighted by atomic mass is 35.5. The van der Waals surface area contributed by atoms with Crippen LogP contribution in [0.3, 0.4) is 0 Å². The van der Waals surface area contributed by atoms with Gasteiger partial charge in [-0.15, -0.1) is 0 Å². The van der Waals surface area contributed by atoms with Gasteiger partial charge in [0, 0.05) is 0 Å². The smallest absolute Gasteiger partial charge is 0.343 e. The Morgan fingerprint density at radius 1 is 1.44 bits per heavy atom. The van der Waals surface area contributed by atoms with Crippen LogP contribution in [0.4, 0.5) is 5.69 Å². The second-order valence-corrected chi connectivity index (χ2v) is 5.14. The van der Waals surface area contributed by atoms with Crippen molar-refractivity contribution in [3.63, 3.8) is 0 Å². The van der Waals surface area contributed by atoms with E-state index in [1.54, 1.807) is 19.1 Å². The SMILES string of the molecule is Cc1cccc(C(=O)OCl)c1NS(C)(=O)=O. The van der Waals surface area contributed by atoms with Gasteiger partial charge in [-0.2, -0.15) is 0 Å². The molecule has 0 radical (unpaired) electrons. The van der Waals surface area contributed by atoms with Crippen LogP contribution >= 0.6 is 11.9 Å². The molecule has 0 heterocycles. The van der Waals surface area contributed by atoms with E-state index in [2.05, 4.69) is 9.01 Å².